The molecule has 0 aromatic rings. The Labute approximate surface area is 135 Å². The van der Waals surface area contributed by atoms with Crippen LogP contribution in [0, 0.1) is 5.92 Å². The quantitative estimate of drug-likeness (QED) is 0.830. The van der Waals surface area contributed by atoms with Crippen molar-refractivity contribution in [2.24, 2.45) is 5.92 Å². The predicted octanol–water partition coefficient (Wildman–Crippen LogP) is 3.77. The highest BCUT2D eigenvalue weighted by Gasteiger charge is 2.34. The van der Waals surface area contributed by atoms with Crippen molar-refractivity contribution < 1.29 is 9.18 Å². The van der Waals surface area contributed by atoms with Gasteiger partial charge in [0.2, 0.25) is 0 Å². The molecule has 1 unspecified atom stereocenters. The Morgan fingerprint density at radius 3 is 2.41 bits per heavy atom. The summed E-state index contributed by atoms with van der Waals surface area (Å²) in [5.41, 5.74) is -0.103. The third-order valence-electron chi connectivity index (χ3n) is 4.04. The third kappa shape index (κ3) is 6.41. The second kappa shape index (κ2) is 11.6. The first-order chi connectivity index (χ1) is 10.7. The molecule has 1 fully saturated rings. The van der Waals surface area contributed by atoms with E-state index in [0.717, 1.165) is 25.9 Å². The van der Waals surface area contributed by atoms with Crippen molar-refractivity contribution in [2.75, 3.05) is 20.1 Å². The van der Waals surface area contributed by atoms with E-state index in [0.29, 0.717) is 12.8 Å². The fourth-order valence-electron chi connectivity index (χ4n) is 2.75. The number of nitrogens with one attached hydrogen (secondary N) is 2. The molecule has 0 spiro atoms. The molecule has 4 heteroatoms. The molecule has 2 rings (SSSR count). The van der Waals surface area contributed by atoms with Crippen LogP contribution in [0.3, 0.4) is 0 Å². The fourth-order valence-corrected chi connectivity index (χ4v) is 2.75. The first-order valence-electron chi connectivity index (χ1n) is 8.61. The number of carbonyl (C=O) groups excluding carboxylic acids is 1. The zero-order chi connectivity index (χ0) is 17.0. The van der Waals surface area contributed by atoms with Gasteiger partial charge in [-0.2, -0.15) is 0 Å². The highest BCUT2D eigenvalue weighted by Crippen LogP contribution is 2.27. The van der Waals surface area contributed by atoms with Crippen LogP contribution < -0.4 is 10.6 Å². The first kappa shape index (κ1) is 21.0. The number of halogens is 1. The van der Waals surface area contributed by atoms with E-state index in [2.05, 4.69) is 10.6 Å². The monoisotopic (exact) mass is 312 g/mol. The van der Waals surface area contributed by atoms with Crippen molar-refractivity contribution in [3.63, 3.8) is 0 Å². The lowest BCUT2D eigenvalue weighted by atomic mass is 9.80. The Balaban J connectivity index is 0.00000102. The van der Waals surface area contributed by atoms with Gasteiger partial charge in [-0.15, -0.1) is 0 Å². The van der Waals surface area contributed by atoms with E-state index in [-0.39, 0.29) is 23.1 Å². The Hall–Kier alpha value is -1.00. The average molecular weight is 312 g/mol. The van der Waals surface area contributed by atoms with E-state index in [4.69, 9.17) is 0 Å². The van der Waals surface area contributed by atoms with Gasteiger partial charge >= 0.3 is 0 Å². The number of rotatable bonds is 4. The van der Waals surface area contributed by atoms with Crippen molar-refractivity contribution >= 4 is 5.78 Å². The van der Waals surface area contributed by atoms with Gasteiger partial charge in [-0.25, -0.2) is 4.39 Å². The van der Waals surface area contributed by atoms with Gasteiger partial charge in [-0.1, -0.05) is 33.8 Å². The van der Waals surface area contributed by atoms with Crippen molar-refractivity contribution in [3.05, 3.63) is 24.1 Å². The zero-order valence-electron chi connectivity index (χ0n) is 14.8. The minimum Gasteiger partial charge on any atom is -0.317 e. The normalized spacial score (nSPS) is 22.5. The van der Waals surface area contributed by atoms with Gasteiger partial charge in [-0.3, -0.25) is 4.79 Å². The zero-order valence-corrected chi connectivity index (χ0v) is 14.8. The lowest BCUT2D eigenvalue weighted by molar-refractivity contribution is -0.123. The lowest BCUT2D eigenvalue weighted by Crippen LogP contribution is -2.52. The molecule has 0 radical (unpaired) electrons. The number of ketones is 1. The molecule has 1 atom stereocenters. The number of piperidine rings is 1. The maximum Gasteiger partial charge on any atom is 0.141 e. The Kier molecular flexibility index (Phi) is 11.0. The number of hydrogen-bond donors (Lipinski definition) is 2. The van der Waals surface area contributed by atoms with Gasteiger partial charge in [0.05, 0.1) is 0 Å². The summed E-state index contributed by atoms with van der Waals surface area (Å²) in [6.07, 6.45) is 7.65. The van der Waals surface area contributed by atoms with E-state index in [9.17, 15) is 9.18 Å². The molecule has 1 aliphatic heterocycles. The van der Waals surface area contributed by atoms with E-state index >= 15 is 0 Å². The number of carbonyl (C=O) groups is 1. The van der Waals surface area contributed by atoms with Crippen molar-refractivity contribution in [3.8, 4) is 0 Å². The highest BCUT2D eigenvalue weighted by atomic mass is 19.1. The molecule has 0 amide bonds. The van der Waals surface area contributed by atoms with Crippen LogP contribution in [0.5, 0.6) is 0 Å². The summed E-state index contributed by atoms with van der Waals surface area (Å²) in [5, 5.41) is 6.60. The smallest absolute Gasteiger partial charge is 0.141 e. The van der Waals surface area contributed by atoms with Gasteiger partial charge in [0.25, 0.3) is 0 Å². The fraction of sp³-hybridized carbons (Fsp3) is 0.722. The molecule has 3 nitrogen and oxygen atoms in total. The highest BCUT2D eigenvalue weighted by molar-refractivity contribution is 5.84. The molecule has 1 aliphatic carbocycles. The predicted molar refractivity (Wildman–Crippen MR) is 92.7 cm³/mol. The van der Waals surface area contributed by atoms with Gasteiger partial charge in [0.15, 0.2) is 0 Å². The topological polar surface area (TPSA) is 41.1 Å². The molecule has 22 heavy (non-hydrogen) atoms. The third-order valence-corrected chi connectivity index (χ3v) is 4.04. The summed E-state index contributed by atoms with van der Waals surface area (Å²) in [6.45, 7) is 9.87. The van der Waals surface area contributed by atoms with Crippen LogP contribution in [0.2, 0.25) is 0 Å². The molecule has 0 bridgehead atoms. The summed E-state index contributed by atoms with van der Waals surface area (Å²) in [5.74, 6) is -0.427. The molecule has 0 aromatic heterocycles. The van der Waals surface area contributed by atoms with Crippen molar-refractivity contribution in [1.29, 1.82) is 0 Å². The summed E-state index contributed by atoms with van der Waals surface area (Å²) in [7, 11) is 1.91. The van der Waals surface area contributed by atoms with Crippen LogP contribution in [0.25, 0.3) is 0 Å². The molecule has 0 aromatic carbocycles. The number of Topliss-reactive ketones (excluding diaryl/α,β-unsaturated/α-hetero) is 1. The molecule has 0 saturated carbocycles. The van der Waals surface area contributed by atoms with E-state index in [1.165, 1.54) is 12.2 Å². The van der Waals surface area contributed by atoms with E-state index in [1.54, 1.807) is 6.08 Å². The Bertz CT molecular complexity index is 371. The van der Waals surface area contributed by atoms with Gasteiger partial charge in [0.1, 0.15) is 11.6 Å². The molecule has 1 heterocycles. The van der Waals surface area contributed by atoms with Crippen LogP contribution >= 0.6 is 0 Å². The maximum absolute atomic E-state index is 13.1. The lowest BCUT2D eigenvalue weighted by Gasteiger charge is -2.37. The first-order valence-corrected chi connectivity index (χ1v) is 8.61. The van der Waals surface area contributed by atoms with Gasteiger partial charge in [0, 0.05) is 17.9 Å². The summed E-state index contributed by atoms with van der Waals surface area (Å²) in [6, 6.07) is 0. The molecular formula is C18H33FN2O. The van der Waals surface area contributed by atoms with Crippen LogP contribution in [0.15, 0.2) is 24.1 Å². The van der Waals surface area contributed by atoms with Crippen LogP contribution in [0.1, 0.15) is 53.4 Å². The second-order valence-electron chi connectivity index (χ2n) is 5.22. The Morgan fingerprint density at radius 1 is 1.32 bits per heavy atom. The summed E-state index contributed by atoms with van der Waals surface area (Å²) < 4.78 is 13.1. The molecule has 1 saturated heterocycles. The average Bonchev–Trinajstić information content (AvgIpc) is 2.59. The minimum absolute atomic E-state index is 0.103. The molecule has 2 N–H and O–H groups in total. The van der Waals surface area contributed by atoms with Crippen LogP contribution in [0.4, 0.5) is 4.39 Å². The molecule has 2 aliphatic rings. The standard InChI is InChI=1S/C14H21FN2O.2C2H6/c1-16-14(5-7-17-8-6-14)10-13(18)11-3-2-4-12(15)9-11;2*1-2/h2,4,9,11,16-17H,3,5-8,10H2,1H3;2*1-2H3. The van der Waals surface area contributed by atoms with Gasteiger partial charge in [-0.05, 0) is 51.6 Å². The van der Waals surface area contributed by atoms with Crippen LogP contribution in [-0.4, -0.2) is 31.5 Å². The number of hydrogen-bond acceptors (Lipinski definition) is 3. The van der Waals surface area contributed by atoms with Crippen molar-refractivity contribution in [1.82, 2.24) is 10.6 Å². The second-order valence-corrected chi connectivity index (χ2v) is 5.22. The van der Waals surface area contributed by atoms with Crippen molar-refractivity contribution in [2.45, 2.75) is 58.9 Å². The molecule has 128 valence electrons. The largest absolute Gasteiger partial charge is 0.317 e. The summed E-state index contributed by atoms with van der Waals surface area (Å²) in [4.78, 5) is 12.3. The summed E-state index contributed by atoms with van der Waals surface area (Å²) >= 11 is 0. The Morgan fingerprint density at radius 2 is 1.91 bits per heavy atom. The SMILES string of the molecule is CC.CC.CNC1(CC(=O)C2C=C(F)C=CC2)CCNCC1. The minimum atomic E-state index is -0.289. The molecular weight excluding hydrogens is 279 g/mol. The van der Waals surface area contributed by atoms with Crippen LogP contribution in [-0.2, 0) is 4.79 Å². The maximum atomic E-state index is 13.1. The number of allylic oxidation sites excluding steroid dienone is 4. The van der Waals surface area contributed by atoms with Gasteiger partial charge < -0.3 is 10.6 Å². The van der Waals surface area contributed by atoms with E-state index < -0.39 is 0 Å². The van der Waals surface area contributed by atoms with E-state index in [1.807, 2.05) is 34.7 Å².